The normalized spacial score (nSPS) is 21.4. The number of ether oxygens (including phenoxy) is 1. The van der Waals surface area contributed by atoms with Crippen LogP contribution in [-0.4, -0.2) is 59.9 Å². The van der Waals surface area contributed by atoms with Gasteiger partial charge in [0.1, 0.15) is 23.7 Å². The van der Waals surface area contributed by atoms with Crippen molar-refractivity contribution in [2.24, 2.45) is 5.73 Å². The van der Waals surface area contributed by atoms with Crippen LogP contribution in [0.2, 0.25) is 0 Å². The maximum absolute atomic E-state index is 11.7. The first-order valence-corrected chi connectivity index (χ1v) is 12.5. The van der Waals surface area contributed by atoms with Crippen molar-refractivity contribution in [1.82, 2.24) is 19.7 Å². The quantitative estimate of drug-likeness (QED) is 0.262. The van der Waals surface area contributed by atoms with Gasteiger partial charge in [-0.1, -0.05) is 41.4 Å². The number of benzene rings is 1. The SMILES string of the molecule is C#Cc1cn([C@@H]2O[C@H](CSCc3c(C)noc3-c3ccccc3)[C@@H](O)[C@H]2O)c2nc(C(N)=O)nc(N)c12. The summed E-state index contributed by atoms with van der Waals surface area (Å²) in [6.07, 6.45) is 2.93. The van der Waals surface area contributed by atoms with Crippen molar-refractivity contribution in [3.63, 3.8) is 0 Å². The second-order valence-electron chi connectivity index (χ2n) is 8.59. The average molecular weight is 521 g/mol. The lowest BCUT2D eigenvalue weighted by atomic mass is 10.1. The molecule has 0 bridgehead atoms. The molecule has 190 valence electrons. The number of aliphatic hydroxyl groups is 2. The number of carbonyl (C=O) groups excluding carboxylic acids is 1. The third-order valence-electron chi connectivity index (χ3n) is 6.24. The van der Waals surface area contributed by atoms with E-state index < -0.39 is 30.4 Å². The minimum atomic E-state index is -1.29. The molecule has 6 N–H and O–H groups in total. The lowest BCUT2D eigenvalue weighted by Gasteiger charge is -2.17. The lowest BCUT2D eigenvalue weighted by molar-refractivity contribution is -0.0286. The molecule has 0 aliphatic carbocycles. The first kappa shape index (κ1) is 24.8. The Labute approximate surface area is 215 Å². The molecular weight excluding hydrogens is 496 g/mol. The Balaban J connectivity index is 1.36. The van der Waals surface area contributed by atoms with E-state index in [4.69, 9.17) is 27.2 Å². The average Bonchev–Trinajstić information content (AvgIpc) is 3.54. The number of hydrogen-bond acceptors (Lipinski definition) is 10. The van der Waals surface area contributed by atoms with Gasteiger partial charge in [0, 0.05) is 28.8 Å². The molecule has 1 aromatic carbocycles. The van der Waals surface area contributed by atoms with Crippen LogP contribution in [0.3, 0.4) is 0 Å². The molecule has 1 aliphatic rings. The van der Waals surface area contributed by atoms with Crippen molar-refractivity contribution in [1.29, 1.82) is 0 Å². The molecule has 4 heterocycles. The molecule has 11 nitrogen and oxygen atoms in total. The lowest BCUT2D eigenvalue weighted by Crippen LogP contribution is -2.32. The molecule has 37 heavy (non-hydrogen) atoms. The topological polar surface area (TPSA) is 176 Å². The predicted molar refractivity (Wildman–Crippen MR) is 137 cm³/mol. The summed E-state index contributed by atoms with van der Waals surface area (Å²) in [4.78, 5) is 19.8. The molecule has 4 aromatic rings. The van der Waals surface area contributed by atoms with Gasteiger partial charge in [-0.15, -0.1) is 6.42 Å². The number of primary amides is 1. The molecule has 5 rings (SSSR count). The number of aliphatic hydroxyl groups excluding tert-OH is 2. The van der Waals surface area contributed by atoms with E-state index in [9.17, 15) is 15.0 Å². The highest BCUT2D eigenvalue weighted by atomic mass is 32.2. The number of amides is 1. The summed E-state index contributed by atoms with van der Waals surface area (Å²) < 4.78 is 13.1. The van der Waals surface area contributed by atoms with Gasteiger partial charge >= 0.3 is 0 Å². The summed E-state index contributed by atoms with van der Waals surface area (Å²) >= 11 is 1.51. The molecule has 1 aliphatic heterocycles. The molecule has 1 amide bonds. The van der Waals surface area contributed by atoms with Crippen molar-refractivity contribution in [2.45, 2.75) is 37.2 Å². The van der Waals surface area contributed by atoms with Crippen LogP contribution in [-0.2, 0) is 10.5 Å². The van der Waals surface area contributed by atoms with Crippen LogP contribution in [0.5, 0.6) is 0 Å². The molecule has 0 radical (unpaired) electrons. The Hall–Kier alpha value is -3.89. The van der Waals surface area contributed by atoms with E-state index in [0.29, 0.717) is 28.2 Å². The van der Waals surface area contributed by atoms with Crippen molar-refractivity contribution in [2.75, 3.05) is 11.5 Å². The van der Waals surface area contributed by atoms with Gasteiger partial charge in [0.15, 0.2) is 12.0 Å². The van der Waals surface area contributed by atoms with E-state index >= 15 is 0 Å². The van der Waals surface area contributed by atoms with Gasteiger partial charge in [0.05, 0.1) is 22.7 Å². The van der Waals surface area contributed by atoms with E-state index in [-0.39, 0.29) is 17.3 Å². The van der Waals surface area contributed by atoms with Crippen LogP contribution in [0.1, 0.15) is 33.7 Å². The van der Waals surface area contributed by atoms with Gasteiger partial charge in [-0.25, -0.2) is 9.97 Å². The second-order valence-corrected chi connectivity index (χ2v) is 9.62. The summed E-state index contributed by atoms with van der Waals surface area (Å²) in [5, 5.41) is 26.0. The van der Waals surface area contributed by atoms with Crippen LogP contribution in [0.4, 0.5) is 5.82 Å². The van der Waals surface area contributed by atoms with E-state index in [1.807, 2.05) is 37.3 Å². The molecule has 1 saturated heterocycles. The highest BCUT2D eigenvalue weighted by molar-refractivity contribution is 7.98. The number of carbonyl (C=O) groups is 1. The summed E-state index contributed by atoms with van der Waals surface area (Å²) in [7, 11) is 0. The zero-order chi connectivity index (χ0) is 26.3. The summed E-state index contributed by atoms with van der Waals surface area (Å²) in [6, 6.07) is 9.68. The van der Waals surface area contributed by atoms with Gasteiger partial charge < -0.3 is 35.5 Å². The number of fused-ring (bicyclic) bond motifs is 1. The third kappa shape index (κ3) is 4.42. The number of aryl methyl sites for hydroxylation is 1. The Bertz CT molecular complexity index is 1510. The molecule has 0 spiro atoms. The smallest absolute Gasteiger partial charge is 0.286 e. The number of aromatic nitrogens is 4. The van der Waals surface area contributed by atoms with Crippen LogP contribution < -0.4 is 11.5 Å². The monoisotopic (exact) mass is 520 g/mol. The molecule has 3 aromatic heterocycles. The zero-order valence-electron chi connectivity index (χ0n) is 19.7. The van der Waals surface area contributed by atoms with Crippen LogP contribution in [0, 0.1) is 19.3 Å². The Morgan fingerprint density at radius 3 is 2.70 bits per heavy atom. The number of nitrogens with two attached hydrogens (primary N) is 2. The number of thioether (sulfide) groups is 1. The first-order chi connectivity index (χ1) is 17.8. The van der Waals surface area contributed by atoms with Crippen molar-refractivity contribution in [3.8, 4) is 23.7 Å². The van der Waals surface area contributed by atoms with Gasteiger partial charge in [-0.3, -0.25) is 4.79 Å². The fourth-order valence-corrected chi connectivity index (χ4v) is 5.51. The molecule has 0 saturated carbocycles. The molecule has 0 unspecified atom stereocenters. The Kier molecular flexibility index (Phi) is 6.61. The zero-order valence-corrected chi connectivity index (χ0v) is 20.6. The van der Waals surface area contributed by atoms with Crippen LogP contribution in [0.15, 0.2) is 41.1 Å². The molecular formula is C25H24N6O5S. The minimum absolute atomic E-state index is 0.0241. The van der Waals surface area contributed by atoms with E-state index in [1.165, 1.54) is 22.5 Å². The second kappa shape index (κ2) is 9.87. The Morgan fingerprint density at radius 1 is 1.24 bits per heavy atom. The highest BCUT2D eigenvalue weighted by Gasteiger charge is 2.44. The largest absolute Gasteiger partial charge is 0.387 e. The summed E-state index contributed by atoms with van der Waals surface area (Å²) in [6.45, 7) is 1.88. The fraction of sp³-hybridized carbons (Fsp3) is 0.280. The number of rotatable bonds is 7. The van der Waals surface area contributed by atoms with Gasteiger partial charge in [0.25, 0.3) is 5.91 Å². The van der Waals surface area contributed by atoms with Crippen molar-refractivity contribution in [3.05, 3.63) is 59.2 Å². The third-order valence-corrected chi connectivity index (χ3v) is 7.29. The van der Waals surface area contributed by atoms with E-state index in [1.54, 1.807) is 0 Å². The number of nitrogens with zero attached hydrogens (tertiary/aromatic N) is 4. The van der Waals surface area contributed by atoms with Crippen molar-refractivity contribution >= 4 is 34.5 Å². The maximum atomic E-state index is 11.7. The molecule has 1 fully saturated rings. The summed E-state index contributed by atoms with van der Waals surface area (Å²) in [5.74, 6) is 2.93. The maximum Gasteiger partial charge on any atom is 0.286 e. The molecule has 12 heteroatoms. The van der Waals surface area contributed by atoms with E-state index in [0.717, 1.165) is 16.8 Å². The van der Waals surface area contributed by atoms with Gasteiger partial charge in [-0.05, 0) is 6.92 Å². The number of anilines is 1. The number of hydrogen-bond donors (Lipinski definition) is 4. The highest BCUT2D eigenvalue weighted by Crippen LogP contribution is 2.37. The van der Waals surface area contributed by atoms with Crippen LogP contribution in [0.25, 0.3) is 22.4 Å². The number of nitrogen functional groups attached to an aromatic ring is 1. The van der Waals surface area contributed by atoms with Gasteiger partial charge in [0.2, 0.25) is 5.82 Å². The van der Waals surface area contributed by atoms with Crippen molar-refractivity contribution < 1.29 is 24.3 Å². The Morgan fingerprint density at radius 2 is 2.00 bits per heavy atom. The van der Waals surface area contributed by atoms with E-state index in [2.05, 4.69) is 21.0 Å². The minimum Gasteiger partial charge on any atom is -0.387 e. The molecule has 4 atom stereocenters. The first-order valence-electron chi connectivity index (χ1n) is 11.3. The van der Waals surface area contributed by atoms with Gasteiger partial charge in [-0.2, -0.15) is 11.8 Å². The number of terminal acetylenes is 1. The predicted octanol–water partition coefficient (Wildman–Crippen LogP) is 1.61. The summed E-state index contributed by atoms with van der Waals surface area (Å²) in [5.41, 5.74) is 14.5. The standard InChI is InChI=1S/C25H24N6O5S/c1-3-13-9-31(24-17(13)21(26)28-23(29-24)22(27)34)25-19(33)18(32)16(35-25)11-37-10-15-12(2)30-36-20(15)14-7-5-4-6-8-14/h1,4-9,16,18-19,25,32-33H,10-11H2,2H3,(H2,27,34)(H2,26,28,29)/t16-,18-,19-,25-/m1/s1. The van der Waals surface area contributed by atoms with Crippen LogP contribution >= 0.6 is 11.8 Å². The fourth-order valence-electron chi connectivity index (χ4n) is 4.34.